The maximum Gasteiger partial charge on any atom is 0.160 e. The normalized spacial score (nSPS) is 15.2. The average Bonchev–Trinajstić information content (AvgIpc) is 3.70. The lowest BCUT2D eigenvalue weighted by Gasteiger charge is -2.48. The number of nitrogens with zero attached hydrogens (tertiary/aromatic N) is 2. The maximum atomic E-state index is 5.28. The Labute approximate surface area is 315 Å². The van der Waals surface area contributed by atoms with Crippen molar-refractivity contribution in [3.8, 4) is 33.5 Å². The van der Waals surface area contributed by atoms with Crippen LogP contribution in [-0.2, 0) is 10.8 Å². The zero-order valence-corrected chi connectivity index (χ0v) is 30.2. The van der Waals surface area contributed by atoms with Crippen LogP contribution in [-0.4, -0.2) is 9.97 Å². The van der Waals surface area contributed by atoms with Crippen molar-refractivity contribution in [1.82, 2.24) is 9.97 Å². The third kappa shape index (κ3) is 3.80. The van der Waals surface area contributed by atoms with Gasteiger partial charge in [-0.15, -0.1) is 0 Å². The number of aromatic nitrogens is 2. The van der Waals surface area contributed by atoms with Gasteiger partial charge in [-0.05, 0) is 92.7 Å². The lowest BCUT2D eigenvalue weighted by Crippen LogP contribution is -2.43. The first kappa shape index (κ1) is 30.9. The van der Waals surface area contributed by atoms with Crippen LogP contribution in [0.3, 0.4) is 0 Å². The highest BCUT2D eigenvalue weighted by atomic mass is 14.9. The van der Waals surface area contributed by atoms with E-state index in [9.17, 15) is 0 Å². The van der Waals surface area contributed by atoms with E-state index in [0.29, 0.717) is 0 Å². The summed E-state index contributed by atoms with van der Waals surface area (Å²) < 4.78 is 0. The summed E-state index contributed by atoms with van der Waals surface area (Å²) in [6.07, 6.45) is 6.22. The summed E-state index contributed by atoms with van der Waals surface area (Å²) in [7, 11) is 0. The molecule has 0 bridgehead atoms. The van der Waals surface area contributed by atoms with Crippen molar-refractivity contribution >= 4 is 16.5 Å². The van der Waals surface area contributed by atoms with E-state index < -0.39 is 10.8 Å². The number of para-hydroxylation sites is 1. The molecule has 11 rings (SSSR count). The van der Waals surface area contributed by atoms with Gasteiger partial charge < -0.3 is 0 Å². The number of rotatable bonds is 3. The van der Waals surface area contributed by atoms with Crippen LogP contribution >= 0.6 is 0 Å². The van der Waals surface area contributed by atoms with Crippen LogP contribution in [0.1, 0.15) is 64.2 Å². The van der Waals surface area contributed by atoms with E-state index in [1.54, 1.807) is 0 Å². The fourth-order valence-corrected chi connectivity index (χ4v) is 10.3. The molecule has 254 valence electrons. The number of allylic oxidation sites excluding steroid dienone is 4. The van der Waals surface area contributed by atoms with Gasteiger partial charge >= 0.3 is 0 Å². The van der Waals surface area contributed by atoms with Crippen LogP contribution in [0.4, 0.5) is 0 Å². The molecule has 0 N–H and O–H groups in total. The van der Waals surface area contributed by atoms with E-state index >= 15 is 0 Å². The molecule has 0 aliphatic heterocycles. The van der Waals surface area contributed by atoms with E-state index in [1.165, 1.54) is 66.8 Å². The molecule has 1 heterocycles. The summed E-state index contributed by atoms with van der Waals surface area (Å²) in [4.78, 5) is 10.3. The van der Waals surface area contributed by atoms with E-state index in [4.69, 9.17) is 9.97 Å². The van der Waals surface area contributed by atoms with Crippen LogP contribution < -0.4 is 0 Å². The Morgan fingerprint density at radius 3 is 1.41 bits per heavy atom. The van der Waals surface area contributed by atoms with Gasteiger partial charge in [0.25, 0.3) is 0 Å². The van der Waals surface area contributed by atoms with Crippen molar-refractivity contribution in [1.29, 1.82) is 0 Å². The molecule has 7 aromatic carbocycles. The lowest BCUT2D eigenvalue weighted by atomic mass is 9.52. The second-order valence-electron chi connectivity index (χ2n) is 14.6. The van der Waals surface area contributed by atoms with Gasteiger partial charge in [0, 0.05) is 16.5 Å². The second-order valence-corrected chi connectivity index (χ2v) is 14.6. The van der Waals surface area contributed by atoms with Gasteiger partial charge in [-0.2, -0.15) is 0 Å². The monoisotopic (exact) mass is 688 g/mol. The first-order valence-electron chi connectivity index (χ1n) is 18.9. The molecule has 54 heavy (non-hydrogen) atoms. The molecule has 2 heteroatoms. The minimum atomic E-state index is -0.516. The van der Waals surface area contributed by atoms with Gasteiger partial charge in [0.05, 0.1) is 22.0 Å². The molecule has 0 unspecified atom stereocenters. The highest BCUT2D eigenvalue weighted by Gasteiger charge is 2.58. The number of hydrogen-bond donors (Lipinski definition) is 0. The van der Waals surface area contributed by atoms with E-state index in [-0.39, 0.29) is 0 Å². The number of benzene rings is 7. The summed E-state index contributed by atoms with van der Waals surface area (Å²) in [6.45, 7) is 4.08. The summed E-state index contributed by atoms with van der Waals surface area (Å²) >= 11 is 0. The maximum absolute atomic E-state index is 5.28. The Balaban J connectivity index is 1.23. The Morgan fingerprint density at radius 1 is 0.444 bits per heavy atom. The third-order valence-corrected chi connectivity index (χ3v) is 12.3. The molecule has 0 saturated heterocycles. The van der Waals surface area contributed by atoms with Crippen molar-refractivity contribution < 1.29 is 0 Å². The number of hydrogen-bond acceptors (Lipinski definition) is 2. The molecular weight excluding hydrogens is 653 g/mol. The van der Waals surface area contributed by atoms with Crippen LogP contribution in [0.15, 0.2) is 182 Å². The van der Waals surface area contributed by atoms with Crippen molar-refractivity contribution in [2.24, 2.45) is 0 Å². The molecule has 1 aromatic heterocycles. The molecule has 0 amide bonds. The van der Waals surface area contributed by atoms with Gasteiger partial charge in [0.2, 0.25) is 0 Å². The number of fused-ring (bicyclic) bond motifs is 17. The van der Waals surface area contributed by atoms with Crippen molar-refractivity contribution in [3.05, 3.63) is 232 Å². The molecule has 3 aliphatic rings. The SMILES string of the molecule is C/C=C\C(=C/C)c1nc(-c2ccc3c(c2)-c2ccccc2C32c3ccccc3C3(c4ccccc4-c4ccccc43)c3ccccc32)c2ccccc2n1. The molecule has 0 saturated carbocycles. The summed E-state index contributed by atoms with van der Waals surface area (Å²) in [5.74, 6) is 0.735. The highest BCUT2D eigenvalue weighted by molar-refractivity contribution is 5.98. The molecule has 0 fully saturated rings. The van der Waals surface area contributed by atoms with Crippen LogP contribution in [0, 0.1) is 0 Å². The third-order valence-electron chi connectivity index (χ3n) is 12.3. The van der Waals surface area contributed by atoms with E-state index in [1.807, 2.05) is 19.9 Å². The molecular formula is C52H36N2. The van der Waals surface area contributed by atoms with E-state index in [2.05, 4.69) is 176 Å². The molecule has 0 radical (unpaired) electrons. The Kier molecular flexibility index (Phi) is 6.55. The topological polar surface area (TPSA) is 25.8 Å². The van der Waals surface area contributed by atoms with Gasteiger partial charge in [-0.25, -0.2) is 9.97 Å². The molecule has 8 aromatic rings. The fourth-order valence-electron chi connectivity index (χ4n) is 10.3. The Bertz CT molecular complexity index is 2830. The summed E-state index contributed by atoms with van der Waals surface area (Å²) in [6, 6.07) is 61.2. The van der Waals surface area contributed by atoms with Gasteiger partial charge in [0.15, 0.2) is 5.82 Å². The fraction of sp³-hybridized carbons (Fsp3) is 0.0769. The summed E-state index contributed by atoms with van der Waals surface area (Å²) in [5, 5.41) is 1.05. The quantitative estimate of drug-likeness (QED) is 0.173. The predicted octanol–water partition coefficient (Wildman–Crippen LogP) is 12.3. The van der Waals surface area contributed by atoms with Gasteiger partial charge in [-0.3, -0.25) is 0 Å². The zero-order valence-electron chi connectivity index (χ0n) is 30.2. The summed E-state index contributed by atoms with van der Waals surface area (Å²) in [5.41, 5.74) is 18.9. The van der Waals surface area contributed by atoms with Gasteiger partial charge in [-0.1, -0.05) is 170 Å². The molecule has 2 nitrogen and oxygen atoms in total. The smallest absolute Gasteiger partial charge is 0.160 e. The molecule has 3 aliphatic carbocycles. The Hall–Kier alpha value is -6.64. The molecule has 0 atom stereocenters. The first-order chi connectivity index (χ1) is 26.7. The first-order valence-corrected chi connectivity index (χ1v) is 18.9. The standard InChI is InChI=1S/C52H36N2/c1-3-17-33(4-2)50-53-48-29-16-8-21-38(48)49(54-50)34-30-31-43-39(32-34)37-20-7-11-24-42(37)52(43)46-27-14-12-25-44(46)51(45-26-13-15-28-47(45)52)40-22-9-5-18-35(40)36-19-6-10-23-41(36)51/h3-32H,1-2H3/b17-3-,33-4+. The zero-order chi connectivity index (χ0) is 36.0. The van der Waals surface area contributed by atoms with Gasteiger partial charge in [0.1, 0.15) is 0 Å². The Morgan fingerprint density at radius 2 is 0.889 bits per heavy atom. The van der Waals surface area contributed by atoms with Crippen LogP contribution in [0.5, 0.6) is 0 Å². The lowest BCUT2D eigenvalue weighted by molar-refractivity contribution is 0.633. The largest absolute Gasteiger partial charge is 0.228 e. The van der Waals surface area contributed by atoms with Crippen molar-refractivity contribution in [2.45, 2.75) is 24.7 Å². The van der Waals surface area contributed by atoms with Crippen molar-refractivity contribution in [3.63, 3.8) is 0 Å². The predicted molar refractivity (Wildman–Crippen MR) is 222 cm³/mol. The minimum absolute atomic E-state index is 0.447. The second kappa shape index (κ2) is 11.4. The minimum Gasteiger partial charge on any atom is -0.228 e. The average molecular weight is 689 g/mol. The van der Waals surface area contributed by atoms with Crippen LogP contribution in [0.2, 0.25) is 0 Å². The highest BCUT2D eigenvalue weighted by Crippen LogP contribution is 2.67. The van der Waals surface area contributed by atoms with Crippen LogP contribution in [0.25, 0.3) is 50.0 Å². The molecule has 2 spiro atoms. The van der Waals surface area contributed by atoms with Crippen molar-refractivity contribution in [2.75, 3.05) is 0 Å². The van der Waals surface area contributed by atoms with E-state index in [0.717, 1.165) is 33.6 Å².